The van der Waals surface area contributed by atoms with Crippen LogP contribution in [0.3, 0.4) is 0 Å². The second-order valence-corrected chi connectivity index (χ2v) is 26.0. The summed E-state index contributed by atoms with van der Waals surface area (Å²) in [5.41, 5.74) is 0.781. The summed E-state index contributed by atoms with van der Waals surface area (Å²) in [5, 5.41) is 0.565. The Morgan fingerprint density at radius 2 is 1.43 bits per heavy atom. The fourth-order valence-corrected chi connectivity index (χ4v) is 10.6. The summed E-state index contributed by atoms with van der Waals surface area (Å²) in [6.07, 6.45) is 13.8. The molecule has 0 aliphatic heterocycles. The van der Waals surface area contributed by atoms with Crippen molar-refractivity contribution < 1.29 is 8.85 Å². The number of fused-ring (bicyclic) bond motifs is 5. The van der Waals surface area contributed by atoms with Crippen LogP contribution in [0.4, 0.5) is 0 Å². The maximum absolute atomic E-state index is 7.02. The van der Waals surface area contributed by atoms with E-state index in [-0.39, 0.29) is 10.5 Å². The average Bonchev–Trinajstić information content (AvgIpc) is 3.02. The molecule has 0 radical (unpaired) electrons. The highest BCUT2D eigenvalue weighted by Crippen LogP contribution is 2.67. The van der Waals surface area contributed by atoms with Gasteiger partial charge in [-0.1, -0.05) is 55.4 Å². The van der Waals surface area contributed by atoms with E-state index in [2.05, 4.69) is 87.7 Å². The molecule has 3 unspecified atom stereocenters. The lowest BCUT2D eigenvalue weighted by Crippen LogP contribution is -2.55. The van der Waals surface area contributed by atoms with E-state index in [0.29, 0.717) is 16.6 Å². The summed E-state index contributed by atoms with van der Waals surface area (Å²) in [6.45, 7) is 29.3. The van der Waals surface area contributed by atoms with E-state index in [9.17, 15) is 0 Å². The molecule has 0 amide bonds. The molecule has 0 aromatic heterocycles. The number of hydrogen-bond donors (Lipinski definition) is 0. The van der Waals surface area contributed by atoms with Crippen molar-refractivity contribution in [2.75, 3.05) is 0 Å². The molecule has 0 aromatic carbocycles. The molecule has 0 spiro atoms. The monoisotopic (exact) mass is 518 g/mol. The van der Waals surface area contributed by atoms with E-state index in [1.807, 2.05) is 0 Å². The largest absolute Gasteiger partial charge is 0.546 e. The van der Waals surface area contributed by atoms with Crippen molar-refractivity contribution in [1.29, 1.82) is 0 Å². The van der Waals surface area contributed by atoms with Crippen LogP contribution in [0.15, 0.2) is 11.8 Å². The van der Waals surface area contributed by atoms with Crippen LogP contribution < -0.4 is 0 Å². The lowest BCUT2D eigenvalue weighted by Gasteiger charge is -2.61. The zero-order valence-electron chi connectivity index (χ0n) is 25.4. The maximum atomic E-state index is 7.02. The van der Waals surface area contributed by atoms with Gasteiger partial charge < -0.3 is 8.85 Å². The van der Waals surface area contributed by atoms with Crippen LogP contribution in [-0.4, -0.2) is 22.7 Å². The first-order valence-electron chi connectivity index (χ1n) is 14.9. The van der Waals surface area contributed by atoms with Crippen LogP contribution >= 0.6 is 0 Å². The van der Waals surface area contributed by atoms with Gasteiger partial charge in [-0.3, -0.25) is 0 Å². The molecule has 2 nitrogen and oxygen atoms in total. The molecular weight excluding hydrogens is 461 g/mol. The molecule has 0 bridgehead atoms. The van der Waals surface area contributed by atoms with Crippen molar-refractivity contribution >= 4 is 16.6 Å². The van der Waals surface area contributed by atoms with E-state index in [0.717, 1.165) is 23.7 Å². The van der Waals surface area contributed by atoms with Gasteiger partial charge in [0, 0.05) is 11.5 Å². The van der Waals surface area contributed by atoms with Gasteiger partial charge >= 0.3 is 0 Å². The van der Waals surface area contributed by atoms with Crippen molar-refractivity contribution in [3.8, 4) is 0 Å². The fraction of sp³-hybridized carbons (Fsp3) is 0.935. The molecule has 0 saturated heterocycles. The second-order valence-electron chi connectivity index (χ2n) is 16.6. The first-order valence-corrected chi connectivity index (χ1v) is 20.7. The highest BCUT2D eigenvalue weighted by atomic mass is 28.4. The van der Waals surface area contributed by atoms with Crippen molar-refractivity contribution in [2.24, 2.45) is 34.5 Å². The summed E-state index contributed by atoms with van der Waals surface area (Å²) < 4.78 is 14.0. The highest BCUT2D eigenvalue weighted by Gasteiger charge is 2.60. The van der Waals surface area contributed by atoms with Crippen LogP contribution in [0.1, 0.15) is 107 Å². The standard InChI is InChI=1S/C31H58O2Si2/c1-28(2,3)34(9,10)32-23-17-19-30(7)22(21-23)13-14-24-25-15-16-27(31(25,8)20-18-26(24)30)33-35(11,12)29(4,5)6/h16,22-26H,13-15,17-21H2,1-12H3/t22-,23-,24?,25?,26?,30-,31-/m0/s1. The minimum absolute atomic E-state index is 0.260. The topological polar surface area (TPSA) is 18.5 Å². The van der Waals surface area contributed by atoms with Crippen molar-refractivity contribution in [2.45, 2.75) is 149 Å². The Morgan fingerprint density at radius 3 is 2.03 bits per heavy atom. The van der Waals surface area contributed by atoms with Crippen LogP contribution in [0.2, 0.25) is 36.3 Å². The van der Waals surface area contributed by atoms with Crippen LogP contribution in [0, 0.1) is 34.5 Å². The van der Waals surface area contributed by atoms with Gasteiger partial charge in [0.05, 0.1) is 5.76 Å². The van der Waals surface area contributed by atoms with Gasteiger partial charge in [-0.25, -0.2) is 0 Å². The van der Waals surface area contributed by atoms with Gasteiger partial charge in [0.25, 0.3) is 0 Å². The van der Waals surface area contributed by atoms with E-state index in [1.54, 1.807) is 0 Å². The zero-order valence-corrected chi connectivity index (χ0v) is 27.4. The third-order valence-electron chi connectivity index (χ3n) is 12.6. The molecule has 7 atom stereocenters. The first kappa shape index (κ1) is 28.0. The maximum Gasteiger partial charge on any atom is 0.250 e. The molecule has 4 rings (SSSR count). The Morgan fingerprint density at radius 1 is 0.800 bits per heavy atom. The van der Waals surface area contributed by atoms with E-state index >= 15 is 0 Å². The molecule has 202 valence electrons. The Kier molecular flexibility index (Phi) is 6.97. The summed E-state index contributed by atoms with van der Waals surface area (Å²) in [6, 6.07) is 0. The number of allylic oxidation sites excluding steroid dienone is 2. The van der Waals surface area contributed by atoms with Crippen molar-refractivity contribution in [3.63, 3.8) is 0 Å². The normalized spacial score (nSPS) is 40.5. The second kappa shape index (κ2) is 8.73. The van der Waals surface area contributed by atoms with E-state index < -0.39 is 16.6 Å². The summed E-state index contributed by atoms with van der Waals surface area (Å²) in [5.74, 6) is 4.80. The predicted octanol–water partition coefficient (Wildman–Crippen LogP) is 9.94. The van der Waals surface area contributed by atoms with Gasteiger partial charge in [0.15, 0.2) is 8.32 Å². The van der Waals surface area contributed by atoms with Crippen LogP contribution in [0.25, 0.3) is 0 Å². The molecular formula is C31H58O2Si2. The predicted molar refractivity (Wildman–Crippen MR) is 156 cm³/mol. The highest BCUT2D eigenvalue weighted by molar-refractivity contribution is 6.74. The van der Waals surface area contributed by atoms with E-state index in [1.165, 1.54) is 57.1 Å². The summed E-state index contributed by atoms with van der Waals surface area (Å²) in [7, 11) is -3.49. The Bertz CT molecular complexity index is 832. The third-order valence-corrected chi connectivity index (χ3v) is 21.4. The van der Waals surface area contributed by atoms with E-state index in [4.69, 9.17) is 8.85 Å². The third kappa shape index (κ3) is 4.69. The SMILES string of the molecule is CC(C)(C)[Si](C)(C)OC1=CCC2C3CC[C@H]4C[C@@H](O[Si](C)(C)C(C)(C)C)CC[C@]4(C)C3CC[C@]12C. The zero-order chi connectivity index (χ0) is 26.2. The van der Waals surface area contributed by atoms with Gasteiger partial charge in [-0.15, -0.1) is 0 Å². The van der Waals surface area contributed by atoms with Crippen molar-refractivity contribution in [1.82, 2.24) is 0 Å². The van der Waals surface area contributed by atoms with Crippen LogP contribution in [-0.2, 0) is 8.85 Å². The minimum Gasteiger partial charge on any atom is -0.546 e. The molecule has 4 heteroatoms. The smallest absolute Gasteiger partial charge is 0.250 e. The van der Waals surface area contributed by atoms with Gasteiger partial charge in [0.1, 0.15) is 0 Å². The molecule has 0 N–H and O–H groups in total. The average molecular weight is 519 g/mol. The molecule has 35 heavy (non-hydrogen) atoms. The lowest BCUT2D eigenvalue weighted by molar-refractivity contribution is -0.119. The van der Waals surface area contributed by atoms with Crippen molar-refractivity contribution in [3.05, 3.63) is 11.8 Å². The first-order chi connectivity index (χ1) is 15.8. The molecule has 0 heterocycles. The molecule has 3 fully saturated rings. The Labute approximate surface area is 220 Å². The Hall–Kier alpha value is -0.0662. The molecule has 0 aromatic rings. The summed E-state index contributed by atoms with van der Waals surface area (Å²) >= 11 is 0. The van der Waals surface area contributed by atoms with Gasteiger partial charge in [-0.2, -0.15) is 0 Å². The quantitative estimate of drug-likeness (QED) is 0.345. The molecule has 3 saturated carbocycles. The number of hydrogen-bond acceptors (Lipinski definition) is 2. The Balaban J connectivity index is 1.47. The lowest BCUT2D eigenvalue weighted by atomic mass is 9.45. The molecule has 4 aliphatic rings. The fourth-order valence-electron chi connectivity index (χ4n) is 8.03. The van der Waals surface area contributed by atoms with Crippen LogP contribution in [0.5, 0.6) is 0 Å². The summed E-state index contributed by atoms with van der Waals surface area (Å²) in [4.78, 5) is 0. The molecule has 4 aliphatic carbocycles. The minimum atomic E-state index is -1.80. The van der Waals surface area contributed by atoms with Gasteiger partial charge in [-0.05, 0) is 123 Å². The van der Waals surface area contributed by atoms with Gasteiger partial charge in [0.2, 0.25) is 8.32 Å². The number of rotatable bonds is 4.